The lowest BCUT2D eigenvalue weighted by Gasteiger charge is -2.36. The quantitative estimate of drug-likeness (QED) is 0.872. The van der Waals surface area contributed by atoms with E-state index in [-0.39, 0.29) is 5.91 Å². The van der Waals surface area contributed by atoms with Crippen molar-refractivity contribution in [2.24, 2.45) is 0 Å². The molecule has 2 aliphatic heterocycles. The third kappa shape index (κ3) is 2.49. The SMILES string of the molecule is CC(=O)NCc1cn(C2C[C@H]3CC[C@@H](C2)N3C)nn1. The smallest absolute Gasteiger partial charge is 0.217 e. The van der Waals surface area contributed by atoms with Gasteiger partial charge in [-0.25, -0.2) is 4.68 Å². The Kier molecular flexibility index (Phi) is 3.26. The summed E-state index contributed by atoms with van der Waals surface area (Å²) in [6, 6.07) is 1.87. The normalized spacial score (nSPS) is 30.5. The third-order valence-electron chi connectivity index (χ3n) is 4.52. The van der Waals surface area contributed by atoms with Crippen molar-refractivity contribution in [2.45, 2.75) is 57.3 Å². The highest BCUT2D eigenvalue weighted by Gasteiger charge is 2.39. The standard InChI is InChI=1S/C13H21N5O/c1-9(19)14-7-10-8-18(16-15-10)13-5-11-3-4-12(6-13)17(11)2/h8,11-13H,3-7H2,1-2H3,(H,14,19)/t11-,12+,13?. The highest BCUT2D eigenvalue weighted by atomic mass is 16.1. The molecule has 3 rings (SSSR count). The number of hydrogen-bond acceptors (Lipinski definition) is 4. The molecule has 6 nitrogen and oxygen atoms in total. The molecule has 0 spiro atoms. The molecule has 19 heavy (non-hydrogen) atoms. The van der Waals surface area contributed by atoms with Crippen LogP contribution in [0.15, 0.2) is 6.20 Å². The minimum absolute atomic E-state index is 0.0353. The van der Waals surface area contributed by atoms with Gasteiger partial charge in [-0.05, 0) is 32.7 Å². The van der Waals surface area contributed by atoms with E-state index >= 15 is 0 Å². The number of nitrogens with one attached hydrogen (secondary N) is 1. The van der Waals surface area contributed by atoms with Crippen LogP contribution in [0.2, 0.25) is 0 Å². The van der Waals surface area contributed by atoms with Crippen LogP contribution in [0.5, 0.6) is 0 Å². The maximum Gasteiger partial charge on any atom is 0.217 e. The Morgan fingerprint density at radius 1 is 1.37 bits per heavy atom. The number of rotatable bonds is 3. The number of carbonyl (C=O) groups is 1. The molecule has 104 valence electrons. The number of fused-ring (bicyclic) bond motifs is 2. The van der Waals surface area contributed by atoms with Crippen molar-refractivity contribution in [3.63, 3.8) is 0 Å². The van der Waals surface area contributed by atoms with Crippen molar-refractivity contribution >= 4 is 5.91 Å². The van der Waals surface area contributed by atoms with Crippen LogP contribution in [-0.4, -0.2) is 44.9 Å². The monoisotopic (exact) mass is 263 g/mol. The topological polar surface area (TPSA) is 63.1 Å². The number of aromatic nitrogens is 3. The van der Waals surface area contributed by atoms with Gasteiger partial charge in [0, 0.05) is 19.0 Å². The number of carbonyl (C=O) groups excluding carboxylic acids is 1. The molecular weight excluding hydrogens is 242 g/mol. The van der Waals surface area contributed by atoms with Gasteiger partial charge in [0.25, 0.3) is 0 Å². The predicted molar refractivity (Wildman–Crippen MR) is 70.4 cm³/mol. The maximum atomic E-state index is 10.9. The number of hydrogen-bond donors (Lipinski definition) is 1. The Labute approximate surface area is 113 Å². The van der Waals surface area contributed by atoms with Crippen LogP contribution < -0.4 is 5.32 Å². The molecule has 2 saturated heterocycles. The molecule has 3 atom stereocenters. The van der Waals surface area contributed by atoms with E-state index in [9.17, 15) is 4.79 Å². The summed E-state index contributed by atoms with van der Waals surface area (Å²) >= 11 is 0. The summed E-state index contributed by atoms with van der Waals surface area (Å²) in [6.45, 7) is 1.98. The van der Waals surface area contributed by atoms with Gasteiger partial charge >= 0.3 is 0 Å². The van der Waals surface area contributed by atoms with Crippen LogP contribution in [0.25, 0.3) is 0 Å². The van der Waals surface area contributed by atoms with Gasteiger partial charge < -0.3 is 10.2 Å². The largest absolute Gasteiger partial charge is 0.351 e. The van der Waals surface area contributed by atoms with Crippen LogP contribution in [0, 0.1) is 0 Å². The molecule has 1 N–H and O–H groups in total. The zero-order valence-electron chi connectivity index (χ0n) is 11.5. The lowest BCUT2D eigenvalue weighted by Crippen LogP contribution is -2.40. The van der Waals surface area contributed by atoms with E-state index in [1.54, 1.807) is 0 Å². The molecule has 2 aliphatic rings. The van der Waals surface area contributed by atoms with Crippen molar-refractivity contribution in [2.75, 3.05) is 7.05 Å². The van der Waals surface area contributed by atoms with E-state index in [1.165, 1.54) is 19.8 Å². The van der Waals surface area contributed by atoms with Gasteiger partial charge in [0.2, 0.25) is 5.91 Å². The minimum atomic E-state index is -0.0353. The van der Waals surface area contributed by atoms with E-state index in [0.717, 1.165) is 18.5 Å². The van der Waals surface area contributed by atoms with Crippen LogP contribution in [0.4, 0.5) is 0 Å². The lowest BCUT2D eigenvalue weighted by molar-refractivity contribution is -0.119. The summed E-state index contributed by atoms with van der Waals surface area (Å²) in [5.74, 6) is -0.0353. The van der Waals surface area contributed by atoms with Crippen molar-refractivity contribution in [3.8, 4) is 0 Å². The van der Waals surface area contributed by atoms with Gasteiger partial charge in [-0.3, -0.25) is 4.79 Å². The van der Waals surface area contributed by atoms with E-state index in [2.05, 4.69) is 27.6 Å². The fraction of sp³-hybridized carbons (Fsp3) is 0.769. The molecule has 2 fully saturated rings. The predicted octanol–water partition coefficient (Wildman–Crippen LogP) is 0.712. The molecule has 3 heterocycles. The Morgan fingerprint density at radius 3 is 2.68 bits per heavy atom. The Morgan fingerprint density at radius 2 is 2.05 bits per heavy atom. The van der Waals surface area contributed by atoms with Crippen LogP contribution in [0.1, 0.15) is 44.3 Å². The molecule has 0 saturated carbocycles. The molecule has 0 aliphatic carbocycles. The summed E-state index contributed by atoms with van der Waals surface area (Å²) in [5.41, 5.74) is 0.835. The fourth-order valence-electron chi connectivity index (χ4n) is 3.39. The van der Waals surface area contributed by atoms with Gasteiger partial charge in [-0.1, -0.05) is 5.21 Å². The molecule has 0 radical (unpaired) electrons. The molecule has 1 unspecified atom stereocenters. The Bertz CT molecular complexity index is 457. The number of nitrogens with zero attached hydrogens (tertiary/aromatic N) is 4. The molecule has 1 aromatic heterocycles. The highest BCUT2D eigenvalue weighted by molar-refractivity contribution is 5.72. The van der Waals surface area contributed by atoms with E-state index in [1.807, 2.05) is 10.9 Å². The van der Waals surface area contributed by atoms with Crippen LogP contribution in [-0.2, 0) is 11.3 Å². The molecule has 2 bridgehead atoms. The first kappa shape index (κ1) is 12.6. The average Bonchev–Trinajstić information content (AvgIpc) is 2.90. The summed E-state index contributed by atoms with van der Waals surface area (Å²) in [5, 5.41) is 11.1. The van der Waals surface area contributed by atoms with Crippen molar-refractivity contribution in [3.05, 3.63) is 11.9 Å². The zero-order chi connectivity index (χ0) is 13.4. The van der Waals surface area contributed by atoms with Crippen LogP contribution >= 0.6 is 0 Å². The highest BCUT2D eigenvalue weighted by Crippen LogP contribution is 2.39. The summed E-state index contributed by atoms with van der Waals surface area (Å²) in [4.78, 5) is 13.4. The second-order valence-corrected chi connectivity index (χ2v) is 5.78. The first-order chi connectivity index (χ1) is 9.13. The first-order valence-electron chi connectivity index (χ1n) is 7.00. The second kappa shape index (κ2) is 4.92. The van der Waals surface area contributed by atoms with Gasteiger partial charge in [0.05, 0.1) is 18.8 Å². The minimum Gasteiger partial charge on any atom is -0.351 e. The van der Waals surface area contributed by atoms with E-state index in [4.69, 9.17) is 0 Å². The van der Waals surface area contributed by atoms with Gasteiger partial charge in [-0.2, -0.15) is 0 Å². The van der Waals surface area contributed by atoms with Crippen molar-refractivity contribution in [1.29, 1.82) is 0 Å². The molecule has 6 heteroatoms. The molecule has 0 aromatic carbocycles. The zero-order valence-corrected chi connectivity index (χ0v) is 11.5. The second-order valence-electron chi connectivity index (χ2n) is 5.78. The lowest BCUT2D eigenvalue weighted by atomic mass is 9.98. The average molecular weight is 263 g/mol. The number of amides is 1. The number of piperidine rings is 1. The molecule has 1 amide bonds. The van der Waals surface area contributed by atoms with E-state index < -0.39 is 0 Å². The fourth-order valence-corrected chi connectivity index (χ4v) is 3.39. The van der Waals surface area contributed by atoms with Crippen molar-refractivity contribution < 1.29 is 4.79 Å². The van der Waals surface area contributed by atoms with Gasteiger partial charge in [0.15, 0.2) is 0 Å². The van der Waals surface area contributed by atoms with Gasteiger partial charge in [-0.15, -0.1) is 5.10 Å². The summed E-state index contributed by atoms with van der Waals surface area (Å²) in [6.07, 6.45) is 6.92. The molecular formula is C13H21N5O. The summed E-state index contributed by atoms with van der Waals surface area (Å²) in [7, 11) is 2.24. The maximum absolute atomic E-state index is 10.9. The first-order valence-corrected chi connectivity index (χ1v) is 7.00. The van der Waals surface area contributed by atoms with Crippen molar-refractivity contribution in [1.82, 2.24) is 25.2 Å². The molecule has 1 aromatic rings. The summed E-state index contributed by atoms with van der Waals surface area (Å²) < 4.78 is 2.00. The Balaban J connectivity index is 1.65. The van der Waals surface area contributed by atoms with Gasteiger partial charge in [0.1, 0.15) is 5.69 Å². The van der Waals surface area contributed by atoms with Crippen LogP contribution in [0.3, 0.4) is 0 Å². The third-order valence-corrected chi connectivity index (χ3v) is 4.52. The Hall–Kier alpha value is -1.43. The van der Waals surface area contributed by atoms with E-state index in [0.29, 0.717) is 24.7 Å².